The van der Waals surface area contributed by atoms with Crippen molar-refractivity contribution in [3.05, 3.63) is 65.4 Å². The van der Waals surface area contributed by atoms with Crippen LogP contribution in [0.4, 0.5) is 5.69 Å². The number of nitrogens with zero attached hydrogens (tertiary/aromatic N) is 2. The lowest BCUT2D eigenvalue weighted by Gasteiger charge is -2.28. The predicted octanol–water partition coefficient (Wildman–Crippen LogP) is 4.63. The zero-order chi connectivity index (χ0) is 22.5. The zero-order valence-electron chi connectivity index (χ0n) is 19.0. The number of allylic oxidation sites excluding steroid dienone is 1. The van der Waals surface area contributed by atoms with Crippen LogP contribution in [0.15, 0.2) is 64.8 Å². The first kappa shape index (κ1) is 20.6. The van der Waals surface area contributed by atoms with Crippen LogP contribution in [0, 0.1) is 5.92 Å². The Balaban J connectivity index is 1.75. The molecule has 1 N–H and O–H groups in total. The molecule has 0 bridgehead atoms. The van der Waals surface area contributed by atoms with E-state index in [-0.39, 0.29) is 24.3 Å². The second-order valence-electron chi connectivity index (χ2n) is 9.64. The molecular weight excluding hydrogens is 402 g/mol. The molecule has 0 aliphatic carbocycles. The van der Waals surface area contributed by atoms with Crippen molar-refractivity contribution in [2.75, 3.05) is 18.2 Å². The second-order valence-corrected chi connectivity index (χ2v) is 9.64. The first-order valence-electron chi connectivity index (χ1n) is 11.2. The number of hydrogen-bond acceptors (Lipinski definition) is 5. The second kappa shape index (κ2) is 7.69. The van der Waals surface area contributed by atoms with E-state index in [9.17, 15) is 4.79 Å². The summed E-state index contributed by atoms with van der Waals surface area (Å²) in [4.78, 5) is 20.8. The molecule has 0 radical (unpaired) electrons. The first-order valence-corrected chi connectivity index (χ1v) is 11.2. The highest BCUT2D eigenvalue weighted by Gasteiger charge is 2.46. The van der Waals surface area contributed by atoms with Crippen LogP contribution >= 0.6 is 0 Å². The molecule has 0 spiro atoms. The van der Waals surface area contributed by atoms with Gasteiger partial charge in [0.1, 0.15) is 5.71 Å². The van der Waals surface area contributed by atoms with Gasteiger partial charge in [0, 0.05) is 23.5 Å². The molecule has 1 unspecified atom stereocenters. The van der Waals surface area contributed by atoms with Gasteiger partial charge in [-0.1, -0.05) is 38.1 Å². The van der Waals surface area contributed by atoms with E-state index in [4.69, 9.17) is 14.5 Å². The van der Waals surface area contributed by atoms with Crippen LogP contribution in [-0.4, -0.2) is 30.5 Å². The molecule has 1 atom stereocenters. The van der Waals surface area contributed by atoms with E-state index in [0.29, 0.717) is 23.9 Å². The SMILES string of the molecule is CC(C)CC1=C2C(=NC(C)(C)CN1)C(=O)N(c1ccccc1)C2c1ccc2c(c1)OCO2. The van der Waals surface area contributed by atoms with Crippen molar-refractivity contribution in [3.63, 3.8) is 0 Å². The van der Waals surface area contributed by atoms with Gasteiger partial charge in [0.2, 0.25) is 6.79 Å². The maximum absolute atomic E-state index is 13.9. The fraction of sp³-hybridized carbons (Fsp3) is 0.385. The Hall–Kier alpha value is -3.28. The molecule has 2 aromatic rings. The minimum atomic E-state index is -0.388. The summed E-state index contributed by atoms with van der Waals surface area (Å²) in [6, 6.07) is 15.5. The number of benzene rings is 2. The topological polar surface area (TPSA) is 63.2 Å². The fourth-order valence-electron chi connectivity index (χ4n) is 4.63. The van der Waals surface area contributed by atoms with Crippen LogP contribution < -0.4 is 19.7 Å². The van der Waals surface area contributed by atoms with Gasteiger partial charge in [-0.3, -0.25) is 14.7 Å². The summed E-state index contributed by atoms with van der Waals surface area (Å²) in [5.74, 6) is 1.81. The lowest BCUT2D eigenvalue weighted by molar-refractivity contribution is -0.112. The average Bonchev–Trinajstić information content (AvgIpc) is 3.30. The molecule has 0 saturated carbocycles. The minimum absolute atomic E-state index is 0.0631. The van der Waals surface area contributed by atoms with Gasteiger partial charge in [-0.25, -0.2) is 0 Å². The number of carbonyl (C=O) groups excluding carboxylic acids is 1. The summed E-state index contributed by atoms with van der Waals surface area (Å²) in [5, 5.41) is 3.65. The summed E-state index contributed by atoms with van der Waals surface area (Å²) >= 11 is 0. The third-order valence-corrected chi connectivity index (χ3v) is 6.04. The Morgan fingerprint density at radius 3 is 2.62 bits per heavy atom. The van der Waals surface area contributed by atoms with E-state index in [0.717, 1.165) is 34.7 Å². The summed E-state index contributed by atoms with van der Waals surface area (Å²) in [5.41, 5.74) is 4.07. The summed E-state index contributed by atoms with van der Waals surface area (Å²) < 4.78 is 11.2. The summed E-state index contributed by atoms with van der Waals surface area (Å²) in [6.07, 6.45) is 0.849. The van der Waals surface area contributed by atoms with Gasteiger partial charge in [-0.2, -0.15) is 0 Å². The van der Waals surface area contributed by atoms with Gasteiger partial charge in [0.05, 0.1) is 11.6 Å². The molecular formula is C26H29N3O3. The highest BCUT2D eigenvalue weighted by atomic mass is 16.7. The molecule has 6 heteroatoms. The van der Waals surface area contributed by atoms with Crippen molar-refractivity contribution in [2.45, 2.75) is 45.7 Å². The Morgan fingerprint density at radius 1 is 1.12 bits per heavy atom. The Labute approximate surface area is 188 Å². The van der Waals surface area contributed by atoms with E-state index in [2.05, 4.69) is 33.0 Å². The molecule has 3 heterocycles. The van der Waals surface area contributed by atoms with Crippen LogP contribution in [0.1, 0.15) is 45.7 Å². The summed E-state index contributed by atoms with van der Waals surface area (Å²) in [6.45, 7) is 9.43. The Morgan fingerprint density at radius 2 is 1.88 bits per heavy atom. The maximum atomic E-state index is 13.9. The number of anilines is 1. The molecule has 5 rings (SSSR count). The van der Waals surface area contributed by atoms with E-state index in [1.54, 1.807) is 0 Å². The van der Waals surface area contributed by atoms with Crippen molar-refractivity contribution in [3.8, 4) is 11.5 Å². The Bertz CT molecular complexity index is 1120. The van der Waals surface area contributed by atoms with Crippen molar-refractivity contribution in [2.24, 2.45) is 10.9 Å². The average molecular weight is 432 g/mol. The van der Waals surface area contributed by atoms with Crippen LogP contribution in [-0.2, 0) is 4.79 Å². The predicted molar refractivity (Wildman–Crippen MR) is 125 cm³/mol. The number of aliphatic imine (C=N–C) groups is 1. The molecule has 6 nitrogen and oxygen atoms in total. The van der Waals surface area contributed by atoms with Gasteiger partial charge in [-0.05, 0) is 56.0 Å². The third kappa shape index (κ3) is 3.53. The minimum Gasteiger partial charge on any atom is -0.454 e. The quantitative estimate of drug-likeness (QED) is 0.767. The van der Waals surface area contributed by atoms with E-state index < -0.39 is 0 Å². The Kier molecular flexibility index (Phi) is 4.96. The molecule has 1 amide bonds. The highest BCUT2D eigenvalue weighted by molar-refractivity contribution is 6.53. The van der Waals surface area contributed by atoms with Crippen molar-refractivity contribution in [1.29, 1.82) is 0 Å². The van der Waals surface area contributed by atoms with Gasteiger partial charge < -0.3 is 14.8 Å². The zero-order valence-corrected chi connectivity index (χ0v) is 19.0. The highest BCUT2D eigenvalue weighted by Crippen LogP contribution is 2.45. The van der Waals surface area contributed by atoms with Gasteiger partial charge >= 0.3 is 0 Å². The lowest BCUT2D eigenvalue weighted by atomic mass is 9.93. The van der Waals surface area contributed by atoms with E-state index >= 15 is 0 Å². The smallest absolute Gasteiger partial charge is 0.277 e. The maximum Gasteiger partial charge on any atom is 0.277 e. The number of rotatable bonds is 4. The molecule has 3 aliphatic heterocycles. The molecule has 1 saturated heterocycles. The van der Waals surface area contributed by atoms with Gasteiger partial charge in [0.25, 0.3) is 5.91 Å². The van der Waals surface area contributed by atoms with E-state index in [1.807, 2.05) is 53.4 Å². The monoisotopic (exact) mass is 431 g/mol. The number of fused-ring (bicyclic) bond motifs is 2. The molecule has 0 aromatic heterocycles. The number of hydrogen-bond donors (Lipinski definition) is 1. The number of ether oxygens (including phenoxy) is 2. The standard InChI is InChI=1S/C26H29N3O3/c1-16(2)12-19-22-23(28-26(3,4)14-27-19)25(30)29(18-8-6-5-7-9-18)24(22)17-10-11-20-21(13-17)32-15-31-20/h5-11,13,16,24,27H,12,14-15H2,1-4H3. The van der Waals surface area contributed by atoms with Crippen molar-refractivity contribution >= 4 is 17.3 Å². The number of carbonyl (C=O) groups is 1. The number of amides is 1. The van der Waals surface area contributed by atoms with Crippen molar-refractivity contribution < 1.29 is 14.3 Å². The van der Waals surface area contributed by atoms with Crippen LogP contribution in [0.5, 0.6) is 11.5 Å². The molecule has 1 fully saturated rings. The normalized spacial score (nSPS) is 21.4. The van der Waals surface area contributed by atoms with Gasteiger partial charge in [-0.15, -0.1) is 0 Å². The molecule has 2 aromatic carbocycles. The molecule has 3 aliphatic rings. The van der Waals surface area contributed by atoms with Crippen LogP contribution in [0.3, 0.4) is 0 Å². The van der Waals surface area contributed by atoms with Crippen LogP contribution in [0.2, 0.25) is 0 Å². The fourth-order valence-corrected chi connectivity index (χ4v) is 4.63. The lowest BCUT2D eigenvalue weighted by Crippen LogP contribution is -2.35. The summed E-state index contributed by atoms with van der Waals surface area (Å²) in [7, 11) is 0. The third-order valence-electron chi connectivity index (χ3n) is 6.04. The van der Waals surface area contributed by atoms with E-state index in [1.165, 1.54) is 0 Å². The number of para-hydroxylation sites is 1. The largest absolute Gasteiger partial charge is 0.454 e. The van der Waals surface area contributed by atoms with Crippen LogP contribution in [0.25, 0.3) is 0 Å². The number of nitrogens with one attached hydrogen (secondary N) is 1. The van der Waals surface area contributed by atoms with Crippen molar-refractivity contribution in [1.82, 2.24) is 5.32 Å². The first-order chi connectivity index (χ1) is 15.3. The molecule has 32 heavy (non-hydrogen) atoms. The van der Waals surface area contributed by atoms with Gasteiger partial charge in [0.15, 0.2) is 11.5 Å². The molecule has 166 valence electrons.